The SMILES string of the molecule is Cc1ccc2c(c1)nc(C(C)Cl)n2C(C)c1ccc(C)s1. The fourth-order valence-electron chi connectivity index (χ4n) is 2.72. The number of thiophene rings is 1. The van der Waals surface area contributed by atoms with E-state index in [2.05, 4.69) is 55.7 Å². The van der Waals surface area contributed by atoms with Crippen LogP contribution in [0.25, 0.3) is 11.0 Å². The van der Waals surface area contributed by atoms with Crippen molar-refractivity contribution in [2.24, 2.45) is 0 Å². The Morgan fingerprint density at radius 2 is 1.90 bits per heavy atom. The number of alkyl halides is 1. The van der Waals surface area contributed by atoms with Gasteiger partial charge in [0.05, 0.1) is 22.5 Å². The van der Waals surface area contributed by atoms with Gasteiger partial charge in [0.15, 0.2) is 0 Å². The molecule has 0 radical (unpaired) electrons. The predicted octanol–water partition coefficient (Wildman–Crippen LogP) is 5.62. The van der Waals surface area contributed by atoms with Crippen LogP contribution in [0.1, 0.15) is 46.4 Å². The molecule has 0 saturated carbocycles. The molecule has 0 amide bonds. The van der Waals surface area contributed by atoms with Gasteiger partial charge in [-0.2, -0.15) is 0 Å². The van der Waals surface area contributed by atoms with Gasteiger partial charge in [-0.05, 0) is 57.5 Å². The molecule has 110 valence electrons. The van der Waals surface area contributed by atoms with Gasteiger partial charge >= 0.3 is 0 Å². The van der Waals surface area contributed by atoms with E-state index >= 15 is 0 Å². The van der Waals surface area contributed by atoms with E-state index in [-0.39, 0.29) is 11.4 Å². The lowest BCUT2D eigenvalue weighted by atomic mass is 10.2. The van der Waals surface area contributed by atoms with E-state index < -0.39 is 0 Å². The van der Waals surface area contributed by atoms with Crippen molar-refractivity contribution in [1.29, 1.82) is 0 Å². The second kappa shape index (κ2) is 5.47. The zero-order valence-corrected chi connectivity index (χ0v) is 14.3. The van der Waals surface area contributed by atoms with E-state index in [4.69, 9.17) is 16.6 Å². The number of nitrogens with zero attached hydrogens (tertiary/aromatic N) is 2. The monoisotopic (exact) mass is 318 g/mol. The Morgan fingerprint density at radius 1 is 1.14 bits per heavy atom. The molecule has 1 aromatic carbocycles. The van der Waals surface area contributed by atoms with Gasteiger partial charge in [0.1, 0.15) is 5.82 Å². The lowest BCUT2D eigenvalue weighted by Gasteiger charge is -2.17. The summed E-state index contributed by atoms with van der Waals surface area (Å²) >= 11 is 8.21. The molecule has 2 nitrogen and oxygen atoms in total. The van der Waals surface area contributed by atoms with Gasteiger partial charge in [-0.3, -0.25) is 0 Å². The second-order valence-electron chi connectivity index (χ2n) is 5.57. The molecule has 0 fully saturated rings. The number of halogens is 1. The van der Waals surface area contributed by atoms with Crippen molar-refractivity contribution in [2.45, 2.75) is 39.1 Å². The van der Waals surface area contributed by atoms with Crippen LogP contribution in [-0.2, 0) is 0 Å². The smallest absolute Gasteiger partial charge is 0.128 e. The first-order valence-corrected chi connectivity index (χ1v) is 8.41. The maximum Gasteiger partial charge on any atom is 0.128 e. The number of aromatic nitrogens is 2. The van der Waals surface area contributed by atoms with Crippen LogP contribution in [0.4, 0.5) is 0 Å². The highest BCUT2D eigenvalue weighted by atomic mass is 35.5. The van der Waals surface area contributed by atoms with Gasteiger partial charge in [0.2, 0.25) is 0 Å². The van der Waals surface area contributed by atoms with Crippen LogP contribution < -0.4 is 0 Å². The van der Waals surface area contributed by atoms with Crippen molar-refractivity contribution < 1.29 is 0 Å². The van der Waals surface area contributed by atoms with E-state index in [0.717, 1.165) is 16.9 Å². The molecule has 3 rings (SSSR count). The van der Waals surface area contributed by atoms with E-state index in [1.807, 2.05) is 18.3 Å². The van der Waals surface area contributed by atoms with Crippen molar-refractivity contribution in [2.75, 3.05) is 0 Å². The lowest BCUT2D eigenvalue weighted by Crippen LogP contribution is -2.10. The number of imidazole rings is 1. The molecule has 2 atom stereocenters. The van der Waals surface area contributed by atoms with Gasteiger partial charge in [-0.1, -0.05) is 6.07 Å². The van der Waals surface area contributed by atoms with E-state index in [9.17, 15) is 0 Å². The van der Waals surface area contributed by atoms with Crippen molar-refractivity contribution in [3.05, 3.63) is 51.5 Å². The zero-order valence-electron chi connectivity index (χ0n) is 12.7. The highest BCUT2D eigenvalue weighted by molar-refractivity contribution is 7.12. The van der Waals surface area contributed by atoms with Crippen LogP contribution >= 0.6 is 22.9 Å². The Labute approximate surface area is 134 Å². The summed E-state index contributed by atoms with van der Waals surface area (Å²) in [4.78, 5) is 7.43. The molecule has 2 unspecified atom stereocenters. The molecule has 0 saturated heterocycles. The molecule has 0 spiro atoms. The average molecular weight is 319 g/mol. The highest BCUT2D eigenvalue weighted by Gasteiger charge is 2.21. The van der Waals surface area contributed by atoms with Crippen molar-refractivity contribution in [3.63, 3.8) is 0 Å². The minimum absolute atomic E-state index is 0.110. The molecular weight excluding hydrogens is 300 g/mol. The van der Waals surface area contributed by atoms with Crippen LogP contribution in [0.15, 0.2) is 30.3 Å². The van der Waals surface area contributed by atoms with Crippen molar-refractivity contribution >= 4 is 34.0 Å². The Bertz CT molecular complexity index is 785. The molecule has 21 heavy (non-hydrogen) atoms. The Balaban J connectivity index is 2.21. The van der Waals surface area contributed by atoms with Gasteiger partial charge in [0, 0.05) is 9.75 Å². The summed E-state index contributed by atoms with van der Waals surface area (Å²) in [6, 6.07) is 11.0. The Kier molecular flexibility index (Phi) is 3.80. The summed E-state index contributed by atoms with van der Waals surface area (Å²) in [6.45, 7) is 8.43. The van der Waals surface area contributed by atoms with E-state index in [0.29, 0.717) is 0 Å². The third-order valence-corrected chi connectivity index (χ3v) is 5.15. The molecule has 0 N–H and O–H groups in total. The summed E-state index contributed by atoms with van der Waals surface area (Å²) in [5, 5.41) is -0.110. The van der Waals surface area contributed by atoms with Crippen LogP contribution in [0.2, 0.25) is 0 Å². The quantitative estimate of drug-likeness (QED) is 0.573. The maximum atomic E-state index is 6.38. The van der Waals surface area contributed by atoms with Gasteiger partial charge in [-0.25, -0.2) is 4.98 Å². The standard InChI is InChI=1S/C17H19ClN2S/c1-10-5-7-15-14(9-10)19-17(12(3)18)20(15)13(4)16-8-6-11(2)21-16/h5-9,12-13H,1-4H3. The number of fused-ring (bicyclic) bond motifs is 1. The molecule has 0 bridgehead atoms. The summed E-state index contributed by atoms with van der Waals surface area (Å²) in [5.74, 6) is 0.941. The highest BCUT2D eigenvalue weighted by Crippen LogP contribution is 2.33. The van der Waals surface area contributed by atoms with Crippen molar-refractivity contribution in [1.82, 2.24) is 9.55 Å². The van der Waals surface area contributed by atoms with E-state index in [1.54, 1.807) is 0 Å². The van der Waals surface area contributed by atoms with Crippen LogP contribution in [0, 0.1) is 13.8 Å². The average Bonchev–Trinajstić information content (AvgIpc) is 3.01. The zero-order chi connectivity index (χ0) is 15.1. The predicted molar refractivity (Wildman–Crippen MR) is 91.6 cm³/mol. The summed E-state index contributed by atoms with van der Waals surface area (Å²) in [5.41, 5.74) is 3.40. The second-order valence-corrected chi connectivity index (χ2v) is 7.55. The normalized spacial score (nSPS) is 14.5. The number of benzene rings is 1. The third-order valence-electron chi connectivity index (χ3n) is 3.79. The molecule has 0 aliphatic carbocycles. The fourth-order valence-corrected chi connectivity index (χ4v) is 3.79. The number of hydrogen-bond donors (Lipinski definition) is 0. The molecule has 3 aromatic rings. The molecular formula is C17H19ClN2S. The topological polar surface area (TPSA) is 17.8 Å². The first-order chi connectivity index (χ1) is 9.97. The van der Waals surface area contributed by atoms with Gasteiger partial charge < -0.3 is 4.57 Å². The molecule has 2 aromatic heterocycles. The Morgan fingerprint density at radius 3 is 2.52 bits per heavy atom. The third kappa shape index (κ3) is 2.60. The van der Waals surface area contributed by atoms with Crippen molar-refractivity contribution in [3.8, 4) is 0 Å². The first-order valence-electron chi connectivity index (χ1n) is 7.16. The van der Waals surface area contributed by atoms with Crippen LogP contribution in [0.5, 0.6) is 0 Å². The first kappa shape index (κ1) is 14.6. The van der Waals surface area contributed by atoms with Gasteiger partial charge in [-0.15, -0.1) is 22.9 Å². The molecule has 0 aliphatic rings. The lowest BCUT2D eigenvalue weighted by molar-refractivity contribution is 0.628. The fraction of sp³-hybridized carbons (Fsp3) is 0.353. The molecule has 4 heteroatoms. The number of aryl methyl sites for hydroxylation is 2. The summed E-state index contributed by atoms with van der Waals surface area (Å²) in [6.07, 6.45) is 0. The minimum atomic E-state index is -0.110. The number of rotatable bonds is 3. The van der Waals surface area contributed by atoms with Crippen LogP contribution in [-0.4, -0.2) is 9.55 Å². The maximum absolute atomic E-state index is 6.38. The van der Waals surface area contributed by atoms with E-state index in [1.165, 1.54) is 15.3 Å². The van der Waals surface area contributed by atoms with Gasteiger partial charge in [0.25, 0.3) is 0 Å². The molecule has 0 aliphatic heterocycles. The summed E-state index contributed by atoms with van der Waals surface area (Å²) in [7, 11) is 0. The summed E-state index contributed by atoms with van der Waals surface area (Å²) < 4.78 is 2.28. The molecule has 2 heterocycles. The Hall–Kier alpha value is -1.32. The minimum Gasteiger partial charge on any atom is -0.319 e. The largest absolute Gasteiger partial charge is 0.319 e. The number of hydrogen-bond acceptors (Lipinski definition) is 2. The van der Waals surface area contributed by atoms with Crippen LogP contribution in [0.3, 0.4) is 0 Å².